The number of furan rings is 2. The molecule has 0 amide bonds. The number of thiocarbonyl (C=S) groups is 1. The summed E-state index contributed by atoms with van der Waals surface area (Å²) in [5.41, 5.74) is 0. The summed E-state index contributed by atoms with van der Waals surface area (Å²) in [6.45, 7) is 3.55. The summed E-state index contributed by atoms with van der Waals surface area (Å²) in [5.74, 6) is 1.86. The monoisotopic (exact) mass is 333 g/mol. The smallest absolute Gasteiger partial charge is 0.166 e. The third kappa shape index (κ3) is 4.59. The van der Waals surface area contributed by atoms with Crippen molar-refractivity contribution in [3.05, 3.63) is 48.3 Å². The van der Waals surface area contributed by atoms with E-state index in [0.29, 0.717) is 11.7 Å². The molecule has 1 aliphatic rings. The van der Waals surface area contributed by atoms with Gasteiger partial charge in [-0.25, -0.2) is 0 Å². The van der Waals surface area contributed by atoms with Gasteiger partial charge < -0.3 is 19.5 Å². The Morgan fingerprint density at radius 3 is 2.57 bits per heavy atom. The predicted octanol–water partition coefficient (Wildman–Crippen LogP) is 3.06. The van der Waals surface area contributed by atoms with Crippen molar-refractivity contribution >= 4 is 17.3 Å². The van der Waals surface area contributed by atoms with Gasteiger partial charge in [-0.3, -0.25) is 4.90 Å². The first-order chi connectivity index (χ1) is 11.3. The van der Waals surface area contributed by atoms with Crippen molar-refractivity contribution in [3.8, 4) is 0 Å². The lowest BCUT2D eigenvalue weighted by molar-refractivity contribution is 0.146. The average Bonchev–Trinajstić information content (AvgIpc) is 3.28. The SMILES string of the molecule is S=C(NCc1ccco1)NC[C@H](c1ccco1)N1CCCCC1. The Hall–Kier alpha value is -1.79. The van der Waals surface area contributed by atoms with Gasteiger partial charge in [-0.05, 0) is 62.4 Å². The number of rotatable bonds is 6. The number of nitrogens with one attached hydrogen (secondary N) is 2. The van der Waals surface area contributed by atoms with Gasteiger partial charge >= 0.3 is 0 Å². The highest BCUT2D eigenvalue weighted by molar-refractivity contribution is 7.80. The first-order valence-electron chi connectivity index (χ1n) is 8.14. The third-order valence-electron chi connectivity index (χ3n) is 4.16. The van der Waals surface area contributed by atoms with Crippen LogP contribution < -0.4 is 10.6 Å². The van der Waals surface area contributed by atoms with Crippen LogP contribution in [0.3, 0.4) is 0 Å². The van der Waals surface area contributed by atoms with E-state index < -0.39 is 0 Å². The zero-order valence-corrected chi connectivity index (χ0v) is 14.0. The van der Waals surface area contributed by atoms with E-state index in [1.54, 1.807) is 12.5 Å². The maximum Gasteiger partial charge on any atom is 0.166 e. The standard InChI is InChI=1S/C17H23N3O2S/c23-17(18-12-14-6-4-10-21-14)19-13-15(16-7-5-11-22-16)20-8-2-1-3-9-20/h4-7,10-11,15H,1-3,8-9,12-13H2,(H2,18,19,23)/t15-/m1/s1. The topological polar surface area (TPSA) is 53.6 Å². The summed E-state index contributed by atoms with van der Waals surface area (Å²) < 4.78 is 10.9. The number of hydrogen-bond donors (Lipinski definition) is 2. The van der Waals surface area contributed by atoms with Crippen LogP contribution in [0.25, 0.3) is 0 Å². The summed E-state index contributed by atoms with van der Waals surface area (Å²) in [6.07, 6.45) is 7.21. The van der Waals surface area contributed by atoms with Crippen molar-refractivity contribution in [3.63, 3.8) is 0 Å². The van der Waals surface area contributed by atoms with Crippen molar-refractivity contribution in [2.45, 2.75) is 31.8 Å². The molecule has 0 bridgehead atoms. The molecule has 0 aliphatic carbocycles. The molecule has 2 aromatic rings. The first kappa shape index (κ1) is 16.1. The molecule has 3 heterocycles. The molecule has 2 N–H and O–H groups in total. The van der Waals surface area contributed by atoms with Crippen molar-refractivity contribution < 1.29 is 8.83 Å². The fourth-order valence-electron chi connectivity index (χ4n) is 2.95. The van der Waals surface area contributed by atoms with Crippen LogP contribution in [-0.2, 0) is 6.54 Å². The van der Waals surface area contributed by atoms with Gasteiger partial charge in [-0.2, -0.15) is 0 Å². The van der Waals surface area contributed by atoms with E-state index in [9.17, 15) is 0 Å². The second kappa shape index (κ2) is 8.17. The van der Waals surface area contributed by atoms with Gasteiger partial charge in [0.2, 0.25) is 0 Å². The minimum atomic E-state index is 0.216. The predicted molar refractivity (Wildman–Crippen MR) is 93.0 cm³/mol. The van der Waals surface area contributed by atoms with E-state index in [0.717, 1.165) is 31.2 Å². The fraction of sp³-hybridized carbons (Fsp3) is 0.471. The molecule has 5 nitrogen and oxygen atoms in total. The maximum absolute atomic E-state index is 5.64. The minimum Gasteiger partial charge on any atom is -0.468 e. The van der Waals surface area contributed by atoms with Gasteiger partial charge in [0, 0.05) is 6.54 Å². The van der Waals surface area contributed by atoms with Crippen LogP contribution in [0.2, 0.25) is 0 Å². The van der Waals surface area contributed by atoms with Crippen LogP contribution in [0.5, 0.6) is 0 Å². The quantitative estimate of drug-likeness (QED) is 0.793. The van der Waals surface area contributed by atoms with Gasteiger partial charge in [-0.1, -0.05) is 6.42 Å². The van der Waals surface area contributed by atoms with Crippen LogP contribution >= 0.6 is 12.2 Å². The molecule has 0 aromatic carbocycles. The molecule has 3 rings (SSSR count). The molecule has 0 saturated carbocycles. The van der Waals surface area contributed by atoms with E-state index >= 15 is 0 Å². The van der Waals surface area contributed by atoms with Crippen LogP contribution in [0.1, 0.15) is 36.8 Å². The van der Waals surface area contributed by atoms with E-state index in [2.05, 4.69) is 15.5 Å². The molecule has 1 atom stereocenters. The van der Waals surface area contributed by atoms with Gasteiger partial charge in [0.05, 0.1) is 25.1 Å². The van der Waals surface area contributed by atoms with E-state index in [-0.39, 0.29) is 6.04 Å². The number of piperidine rings is 1. The highest BCUT2D eigenvalue weighted by Crippen LogP contribution is 2.24. The second-order valence-corrected chi connectivity index (χ2v) is 6.18. The van der Waals surface area contributed by atoms with Crippen molar-refractivity contribution in [1.82, 2.24) is 15.5 Å². The van der Waals surface area contributed by atoms with Crippen molar-refractivity contribution in [2.75, 3.05) is 19.6 Å². The number of likely N-dealkylation sites (tertiary alicyclic amines) is 1. The molecule has 0 spiro atoms. The van der Waals surface area contributed by atoms with Gasteiger partial charge in [0.15, 0.2) is 5.11 Å². The Bertz CT molecular complexity index is 577. The molecular weight excluding hydrogens is 310 g/mol. The molecule has 1 fully saturated rings. The second-order valence-electron chi connectivity index (χ2n) is 5.77. The third-order valence-corrected chi connectivity index (χ3v) is 4.45. The van der Waals surface area contributed by atoms with Crippen LogP contribution in [0.4, 0.5) is 0 Å². The van der Waals surface area contributed by atoms with Crippen molar-refractivity contribution in [2.24, 2.45) is 0 Å². The Morgan fingerprint density at radius 2 is 1.87 bits per heavy atom. The zero-order chi connectivity index (χ0) is 15.9. The lowest BCUT2D eigenvalue weighted by Crippen LogP contribution is -2.43. The van der Waals surface area contributed by atoms with Gasteiger partial charge in [-0.15, -0.1) is 0 Å². The van der Waals surface area contributed by atoms with E-state index in [1.807, 2.05) is 24.3 Å². The van der Waals surface area contributed by atoms with E-state index in [1.165, 1.54) is 19.3 Å². The van der Waals surface area contributed by atoms with Crippen LogP contribution in [0.15, 0.2) is 45.6 Å². The highest BCUT2D eigenvalue weighted by atomic mass is 32.1. The lowest BCUT2D eigenvalue weighted by atomic mass is 10.1. The summed E-state index contributed by atoms with van der Waals surface area (Å²) in [4.78, 5) is 2.48. The van der Waals surface area contributed by atoms with Crippen molar-refractivity contribution in [1.29, 1.82) is 0 Å². The molecule has 0 unspecified atom stereocenters. The van der Waals surface area contributed by atoms with Crippen LogP contribution in [-0.4, -0.2) is 29.6 Å². The summed E-state index contributed by atoms with van der Waals surface area (Å²) in [5, 5.41) is 7.11. The molecular formula is C17H23N3O2S. The molecule has 1 saturated heterocycles. The Morgan fingerprint density at radius 1 is 1.09 bits per heavy atom. The maximum atomic E-state index is 5.64. The first-order valence-corrected chi connectivity index (χ1v) is 8.55. The number of hydrogen-bond acceptors (Lipinski definition) is 4. The zero-order valence-electron chi connectivity index (χ0n) is 13.2. The minimum absolute atomic E-state index is 0.216. The Kier molecular flexibility index (Phi) is 5.71. The molecule has 6 heteroatoms. The fourth-order valence-corrected chi connectivity index (χ4v) is 3.11. The molecule has 2 aromatic heterocycles. The summed E-state index contributed by atoms with van der Waals surface area (Å²) >= 11 is 5.36. The normalized spacial score (nSPS) is 16.9. The highest BCUT2D eigenvalue weighted by Gasteiger charge is 2.24. The lowest BCUT2D eigenvalue weighted by Gasteiger charge is -2.33. The molecule has 0 radical (unpaired) electrons. The molecule has 1 aliphatic heterocycles. The largest absolute Gasteiger partial charge is 0.468 e. The van der Waals surface area contributed by atoms with E-state index in [4.69, 9.17) is 21.1 Å². The summed E-state index contributed by atoms with van der Waals surface area (Å²) in [6, 6.07) is 8.00. The summed E-state index contributed by atoms with van der Waals surface area (Å²) in [7, 11) is 0. The Balaban J connectivity index is 1.52. The Labute approximate surface area is 142 Å². The molecule has 23 heavy (non-hydrogen) atoms. The molecule has 124 valence electrons. The van der Waals surface area contributed by atoms with Gasteiger partial charge in [0.1, 0.15) is 11.5 Å². The number of nitrogens with zero attached hydrogens (tertiary/aromatic N) is 1. The van der Waals surface area contributed by atoms with Gasteiger partial charge in [0.25, 0.3) is 0 Å². The average molecular weight is 333 g/mol. The van der Waals surface area contributed by atoms with Crippen LogP contribution in [0, 0.1) is 0 Å².